The molecule has 1 saturated heterocycles. The summed E-state index contributed by atoms with van der Waals surface area (Å²) >= 11 is 0. The highest BCUT2D eigenvalue weighted by Gasteiger charge is 2.55. The molecule has 4 atom stereocenters. The van der Waals surface area contributed by atoms with Crippen molar-refractivity contribution in [2.45, 2.75) is 51.4 Å². The van der Waals surface area contributed by atoms with E-state index in [0.717, 1.165) is 41.8 Å². The molecule has 0 unspecified atom stereocenters. The van der Waals surface area contributed by atoms with Crippen molar-refractivity contribution in [1.82, 2.24) is 19.8 Å². The van der Waals surface area contributed by atoms with Gasteiger partial charge < -0.3 is 15.0 Å². The third kappa shape index (κ3) is 3.40. The Labute approximate surface area is 187 Å². The number of carbonyl (C=O) groups is 1. The summed E-state index contributed by atoms with van der Waals surface area (Å²) in [6.07, 6.45) is 6.98. The van der Waals surface area contributed by atoms with E-state index in [1.54, 1.807) is 6.20 Å². The number of pyridine rings is 2. The summed E-state index contributed by atoms with van der Waals surface area (Å²) in [5.74, 6) is -0.282. The summed E-state index contributed by atoms with van der Waals surface area (Å²) in [5.41, 5.74) is 3.78. The molecule has 4 heterocycles. The molecule has 1 fully saturated rings. The maximum absolute atomic E-state index is 13.3. The molecule has 0 bridgehead atoms. The second kappa shape index (κ2) is 8.64. The molecule has 0 saturated carbocycles. The molecular formula is C25H30N4O3. The number of aromatic nitrogens is 2. The summed E-state index contributed by atoms with van der Waals surface area (Å²) in [4.78, 5) is 33.0. The predicted molar refractivity (Wildman–Crippen MR) is 122 cm³/mol. The largest absolute Gasteiger partial charge is 0.396 e. The van der Waals surface area contributed by atoms with Crippen molar-refractivity contribution in [1.29, 1.82) is 0 Å². The zero-order valence-corrected chi connectivity index (χ0v) is 18.4. The average molecular weight is 435 g/mol. The predicted octanol–water partition coefficient (Wildman–Crippen LogP) is 2.11. The molecule has 168 valence electrons. The minimum Gasteiger partial charge on any atom is -0.396 e. The number of likely N-dealkylation sites (N-methyl/N-ethyl adjacent to an activating group) is 1. The van der Waals surface area contributed by atoms with Gasteiger partial charge in [0.2, 0.25) is 5.91 Å². The summed E-state index contributed by atoms with van der Waals surface area (Å²) < 4.78 is 1.89. The number of aliphatic hydroxyl groups excluding tert-OH is 1. The molecule has 2 N–H and O–H groups in total. The van der Waals surface area contributed by atoms with E-state index in [1.807, 2.05) is 35.8 Å². The molecule has 2 aliphatic heterocycles. The second-order valence-corrected chi connectivity index (χ2v) is 8.98. The van der Waals surface area contributed by atoms with Gasteiger partial charge in [-0.05, 0) is 55.6 Å². The SMILES string of the molecule is CCN1[C@H](C(=O)NCc2ccccn2)[C@@H](CO)[C@@H]2Cn3c(ccc(C4=CCCC4)c3=O)[C@@H]21. The first kappa shape index (κ1) is 21.1. The normalized spacial score (nSPS) is 26.6. The van der Waals surface area contributed by atoms with Gasteiger partial charge in [-0.25, -0.2) is 0 Å². The first-order valence-corrected chi connectivity index (χ1v) is 11.6. The molecule has 1 amide bonds. The molecular weight excluding hydrogens is 404 g/mol. The third-order valence-electron chi connectivity index (χ3n) is 7.38. The molecule has 7 heteroatoms. The Hall–Kier alpha value is -2.77. The van der Waals surface area contributed by atoms with Crippen LogP contribution in [0, 0.1) is 11.8 Å². The number of aliphatic hydroxyl groups is 1. The molecule has 0 radical (unpaired) electrons. The van der Waals surface area contributed by atoms with Gasteiger partial charge in [-0.1, -0.05) is 19.1 Å². The Morgan fingerprint density at radius 2 is 2.16 bits per heavy atom. The van der Waals surface area contributed by atoms with Crippen molar-refractivity contribution in [2.24, 2.45) is 11.8 Å². The molecule has 2 aromatic heterocycles. The van der Waals surface area contributed by atoms with Gasteiger partial charge >= 0.3 is 0 Å². The van der Waals surface area contributed by atoms with E-state index < -0.39 is 6.04 Å². The lowest BCUT2D eigenvalue weighted by Gasteiger charge is -2.29. The number of rotatable bonds is 6. The topological polar surface area (TPSA) is 87.5 Å². The molecule has 7 nitrogen and oxygen atoms in total. The Morgan fingerprint density at radius 1 is 1.28 bits per heavy atom. The van der Waals surface area contributed by atoms with Gasteiger partial charge in [-0.15, -0.1) is 0 Å². The van der Waals surface area contributed by atoms with Crippen LogP contribution in [0.1, 0.15) is 49.2 Å². The highest BCUT2D eigenvalue weighted by atomic mass is 16.3. The van der Waals surface area contributed by atoms with Gasteiger partial charge in [-0.3, -0.25) is 19.5 Å². The third-order valence-corrected chi connectivity index (χ3v) is 7.38. The van der Waals surface area contributed by atoms with Crippen molar-refractivity contribution in [3.05, 3.63) is 69.9 Å². The molecule has 3 aliphatic rings. The molecule has 2 aromatic rings. The maximum Gasteiger partial charge on any atom is 0.258 e. The highest BCUT2D eigenvalue weighted by Crippen LogP contribution is 2.49. The average Bonchev–Trinajstić information content (AvgIpc) is 3.53. The van der Waals surface area contributed by atoms with E-state index in [-0.39, 0.29) is 36.0 Å². The molecule has 0 spiro atoms. The summed E-state index contributed by atoms with van der Waals surface area (Å²) in [5, 5.41) is 13.3. The first-order chi connectivity index (χ1) is 15.6. The van der Waals surface area contributed by atoms with Crippen LogP contribution < -0.4 is 10.9 Å². The number of nitrogens with one attached hydrogen (secondary N) is 1. The number of carbonyl (C=O) groups excluding carboxylic acids is 1. The van der Waals surface area contributed by atoms with Crippen LogP contribution in [0.15, 0.2) is 47.4 Å². The van der Waals surface area contributed by atoms with Crippen molar-refractivity contribution < 1.29 is 9.90 Å². The molecule has 1 aliphatic carbocycles. The Morgan fingerprint density at radius 3 is 2.84 bits per heavy atom. The van der Waals surface area contributed by atoms with Gasteiger partial charge in [0, 0.05) is 42.4 Å². The van der Waals surface area contributed by atoms with Crippen LogP contribution in [0.25, 0.3) is 5.57 Å². The lowest BCUT2D eigenvalue weighted by atomic mass is 9.88. The summed E-state index contributed by atoms with van der Waals surface area (Å²) in [6, 6.07) is 9.18. The van der Waals surface area contributed by atoms with Crippen LogP contribution in [0.3, 0.4) is 0 Å². The monoisotopic (exact) mass is 434 g/mol. The minimum absolute atomic E-state index is 0.0334. The number of amides is 1. The van der Waals surface area contributed by atoms with Crippen LogP contribution in [-0.4, -0.2) is 44.7 Å². The lowest BCUT2D eigenvalue weighted by molar-refractivity contribution is -0.127. The zero-order chi connectivity index (χ0) is 22.2. The van der Waals surface area contributed by atoms with Gasteiger partial charge in [0.25, 0.3) is 5.56 Å². The number of likely N-dealkylation sites (tertiary alicyclic amines) is 1. The Bertz CT molecular complexity index is 1090. The first-order valence-electron chi connectivity index (χ1n) is 11.6. The number of allylic oxidation sites excluding steroid dienone is 2. The quantitative estimate of drug-likeness (QED) is 0.727. The van der Waals surface area contributed by atoms with Crippen LogP contribution in [0.4, 0.5) is 0 Å². The van der Waals surface area contributed by atoms with E-state index in [2.05, 4.69) is 27.3 Å². The van der Waals surface area contributed by atoms with E-state index in [4.69, 9.17) is 0 Å². The number of fused-ring (bicyclic) bond motifs is 3. The fraction of sp³-hybridized carbons (Fsp3) is 0.480. The van der Waals surface area contributed by atoms with Gasteiger partial charge in [0.1, 0.15) is 0 Å². The van der Waals surface area contributed by atoms with Crippen molar-refractivity contribution in [3.63, 3.8) is 0 Å². The van der Waals surface area contributed by atoms with Gasteiger partial charge in [0.05, 0.1) is 24.3 Å². The lowest BCUT2D eigenvalue weighted by Crippen LogP contribution is -2.48. The zero-order valence-electron chi connectivity index (χ0n) is 18.4. The fourth-order valence-corrected chi connectivity index (χ4v) is 5.93. The molecule has 5 rings (SSSR count). The van der Waals surface area contributed by atoms with Gasteiger partial charge in [-0.2, -0.15) is 0 Å². The van der Waals surface area contributed by atoms with Crippen molar-refractivity contribution >= 4 is 11.5 Å². The second-order valence-electron chi connectivity index (χ2n) is 8.98. The van der Waals surface area contributed by atoms with Crippen molar-refractivity contribution in [2.75, 3.05) is 13.2 Å². The standard InChI is InChI=1S/C25H30N4O3/c1-2-28-22-19(14-29-21(22)11-10-18(25(29)32)16-7-3-4-8-16)20(15-30)23(28)24(31)27-13-17-9-5-6-12-26-17/h5-7,9-12,19-20,22-23,30H,2-4,8,13-15H2,1H3,(H,27,31)/t19-,20-,22+,23-/m0/s1. The van der Waals surface area contributed by atoms with E-state index >= 15 is 0 Å². The van der Waals surface area contributed by atoms with Crippen LogP contribution >= 0.6 is 0 Å². The van der Waals surface area contributed by atoms with Crippen LogP contribution in [-0.2, 0) is 17.9 Å². The van der Waals surface area contributed by atoms with Crippen molar-refractivity contribution in [3.8, 4) is 0 Å². The Kier molecular flexibility index (Phi) is 5.69. The fourth-order valence-electron chi connectivity index (χ4n) is 5.93. The highest BCUT2D eigenvalue weighted by molar-refractivity contribution is 5.82. The van der Waals surface area contributed by atoms with E-state index in [9.17, 15) is 14.7 Å². The Balaban J connectivity index is 1.43. The van der Waals surface area contributed by atoms with E-state index in [1.165, 1.54) is 0 Å². The summed E-state index contributed by atoms with van der Waals surface area (Å²) in [7, 11) is 0. The minimum atomic E-state index is -0.426. The number of hydrogen-bond donors (Lipinski definition) is 2. The number of nitrogens with zero attached hydrogens (tertiary/aromatic N) is 3. The maximum atomic E-state index is 13.3. The van der Waals surface area contributed by atoms with Crippen LogP contribution in [0.5, 0.6) is 0 Å². The number of hydrogen-bond acceptors (Lipinski definition) is 5. The summed E-state index contributed by atoms with van der Waals surface area (Å²) in [6.45, 7) is 3.52. The molecule has 0 aromatic carbocycles. The smallest absolute Gasteiger partial charge is 0.258 e. The van der Waals surface area contributed by atoms with Crippen LogP contribution in [0.2, 0.25) is 0 Å². The van der Waals surface area contributed by atoms with Gasteiger partial charge in [0.15, 0.2) is 0 Å². The van der Waals surface area contributed by atoms with E-state index in [0.29, 0.717) is 19.6 Å². The molecule has 32 heavy (non-hydrogen) atoms.